The number of carboxylic acid groups (broad SMARTS) is 1. The van der Waals surface area contributed by atoms with Crippen molar-refractivity contribution in [3.63, 3.8) is 0 Å². The molecule has 1 fully saturated rings. The summed E-state index contributed by atoms with van der Waals surface area (Å²) in [6.07, 6.45) is 6.12. The van der Waals surface area contributed by atoms with E-state index in [1.807, 2.05) is 30.3 Å². The Balaban J connectivity index is 1.26. The highest BCUT2D eigenvalue weighted by Gasteiger charge is 2.24. The number of rotatable bonds is 11. The van der Waals surface area contributed by atoms with Gasteiger partial charge >= 0.3 is 5.97 Å². The maximum Gasteiger partial charge on any atom is 0.304 e. The largest absolute Gasteiger partial charge is 0.492 e. The van der Waals surface area contributed by atoms with Crippen molar-refractivity contribution in [1.29, 1.82) is 0 Å². The number of nitrogens with zero attached hydrogens (tertiary/aromatic N) is 3. The Hall–Kier alpha value is -2.71. The summed E-state index contributed by atoms with van der Waals surface area (Å²) in [5, 5.41) is 9.49. The van der Waals surface area contributed by atoms with Crippen LogP contribution >= 0.6 is 11.3 Å². The van der Waals surface area contributed by atoms with Crippen molar-refractivity contribution in [3.8, 4) is 16.7 Å². The summed E-state index contributed by atoms with van der Waals surface area (Å²) in [5.41, 5.74) is 0.825. The van der Waals surface area contributed by atoms with E-state index in [1.165, 1.54) is 24.2 Å². The molecule has 0 saturated heterocycles. The van der Waals surface area contributed by atoms with E-state index in [4.69, 9.17) is 14.6 Å². The Labute approximate surface area is 172 Å². The van der Waals surface area contributed by atoms with Gasteiger partial charge in [0.05, 0.1) is 17.3 Å². The maximum absolute atomic E-state index is 10.8. The van der Waals surface area contributed by atoms with E-state index >= 15 is 0 Å². The number of aromatic nitrogens is 2. The molecule has 152 valence electrons. The second-order valence-corrected chi connectivity index (χ2v) is 8.13. The lowest BCUT2D eigenvalue weighted by atomic mass is 10.3. The number of carbonyl (C=O) groups is 1. The first-order chi connectivity index (χ1) is 14.2. The fourth-order valence-electron chi connectivity index (χ4n) is 3.01. The van der Waals surface area contributed by atoms with Crippen molar-refractivity contribution < 1.29 is 19.4 Å². The van der Waals surface area contributed by atoms with Gasteiger partial charge in [-0.3, -0.25) is 14.7 Å². The van der Waals surface area contributed by atoms with E-state index in [0.717, 1.165) is 35.0 Å². The van der Waals surface area contributed by atoms with Gasteiger partial charge in [-0.1, -0.05) is 11.3 Å². The Kier molecular flexibility index (Phi) is 6.21. The lowest BCUT2D eigenvalue weighted by molar-refractivity contribution is -0.137. The highest BCUT2D eigenvalue weighted by Crippen LogP contribution is 2.31. The Morgan fingerprint density at radius 2 is 1.97 bits per heavy atom. The monoisotopic (exact) mass is 413 g/mol. The summed E-state index contributed by atoms with van der Waals surface area (Å²) in [5.74, 6) is 1.42. The number of benzene rings is 1. The summed E-state index contributed by atoms with van der Waals surface area (Å²) in [4.78, 5) is 21.5. The molecule has 1 aromatic carbocycles. The van der Waals surface area contributed by atoms with Crippen LogP contribution in [0.3, 0.4) is 0 Å². The number of hydrogen-bond donors (Lipinski definition) is 1. The van der Waals surface area contributed by atoms with Gasteiger partial charge in [0.1, 0.15) is 23.6 Å². The molecule has 0 radical (unpaired) electrons. The van der Waals surface area contributed by atoms with Gasteiger partial charge in [-0.25, -0.2) is 4.98 Å². The van der Waals surface area contributed by atoms with Crippen LogP contribution in [0.4, 0.5) is 0 Å². The van der Waals surface area contributed by atoms with Crippen molar-refractivity contribution >= 4 is 27.5 Å². The molecule has 1 N–H and O–H groups in total. The van der Waals surface area contributed by atoms with Gasteiger partial charge in [-0.2, -0.15) is 0 Å². The standard InChI is InChI=1S/C21H23N3O4S/c25-20(26)8-10-24(14-15-1-2-15)11-12-27-16-3-5-17(6-4-16)28-21-23-18-13-22-9-7-19(18)29-21/h3-7,9,13,15H,1-2,8,10-12,14H2,(H,25,26). The molecule has 1 aliphatic carbocycles. The molecule has 1 saturated carbocycles. The van der Waals surface area contributed by atoms with Crippen molar-refractivity contribution in [2.75, 3.05) is 26.2 Å². The quantitative estimate of drug-likeness (QED) is 0.508. The third-order valence-electron chi connectivity index (χ3n) is 4.73. The SMILES string of the molecule is O=C(O)CCN(CCOc1ccc(Oc2nc3cnccc3s2)cc1)CC1CC1. The van der Waals surface area contributed by atoms with Gasteiger partial charge in [0.15, 0.2) is 0 Å². The second kappa shape index (κ2) is 9.19. The van der Waals surface area contributed by atoms with Gasteiger partial charge in [0, 0.05) is 25.8 Å². The Morgan fingerprint density at radius 1 is 1.17 bits per heavy atom. The molecule has 0 atom stereocenters. The van der Waals surface area contributed by atoms with Gasteiger partial charge < -0.3 is 14.6 Å². The first-order valence-corrected chi connectivity index (χ1v) is 10.5. The molecule has 0 bridgehead atoms. The number of hydrogen-bond acceptors (Lipinski definition) is 7. The summed E-state index contributed by atoms with van der Waals surface area (Å²) in [6, 6.07) is 9.36. The van der Waals surface area contributed by atoms with Crippen LogP contribution in [0.15, 0.2) is 42.7 Å². The average Bonchev–Trinajstić information content (AvgIpc) is 3.43. The number of fused-ring (bicyclic) bond motifs is 1. The van der Waals surface area contributed by atoms with Crippen molar-refractivity contribution in [3.05, 3.63) is 42.7 Å². The van der Waals surface area contributed by atoms with E-state index < -0.39 is 5.97 Å². The highest BCUT2D eigenvalue weighted by atomic mass is 32.1. The Morgan fingerprint density at radius 3 is 2.69 bits per heavy atom. The topological polar surface area (TPSA) is 84.8 Å². The normalized spacial score (nSPS) is 13.7. The maximum atomic E-state index is 10.8. The van der Waals surface area contributed by atoms with Crippen LogP contribution in [0.2, 0.25) is 0 Å². The van der Waals surface area contributed by atoms with E-state index in [0.29, 0.717) is 24.1 Å². The first-order valence-electron chi connectivity index (χ1n) is 9.71. The molecule has 29 heavy (non-hydrogen) atoms. The second-order valence-electron chi connectivity index (χ2n) is 7.13. The zero-order valence-corrected chi connectivity index (χ0v) is 16.8. The third-order valence-corrected chi connectivity index (χ3v) is 5.64. The number of pyridine rings is 1. The minimum absolute atomic E-state index is 0.167. The van der Waals surface area contributed by atoms with E-state index in [-0.39, 0.29) is 6.42 Å². The summed E-state index contributed by atoms with van der Waals surface area (Å²) in [6.45, 7) is 2.78. The average molecular weight is 413 g/mol. The van der Waals surface area contributed by atoms with Gasteiger partial charge in [0.25, 0.3) is 5.19 Å². The molecule has 0 amide bonds. The molecule has 2 heterocycles. The van der Waals surface area contributed by atoms with Crippen LogP contribution in [-0.4, -0.2) is 52.2 Å². The van der Waals surface area contributed by atoms with Crippen molar-refractivity contribution in [1.82, 2.24) is 14.9 Å². The molecule has 8 heteroatoms. The highest BCUT2D eigenvalue weighted by molar-refractivity contribution is 7.20. The zero-order chi connectivity index (χ0) is 20.1. The molecule has 0 spiro atoms. The van der Waals surface area contributed by atoms with Crippen LogP contribution < -0.4 is 9.47 Å². The predicted octanol–water partition coefficient (Wildman–Crippen LogP) is 4.05. The number of aliphatic carboxylic acids is 1. The number of thiazole rings is 1. The zero-order valence-electron chi connectivity index (χ0n) is 16.0. The molecule has 0 aliphatic heterocycles. The molecular formula is C21H23N3O4S. The van der Waals surface area contributed by atoms with E-state index in [2.05, 4.69) is 14.9 Å². The first kappa shape index (κ1) is 19.6. The van der Waals surface area contributed by atoms with E-state index in [9.17, 15) is 4.79 Å². The number of ether oxygens (including phenoxy) is 2. The van der Waals surface area contributed by atoms with Gasteiger partial charge in [-0.15, -0.1) is 0 Å². The molecule has 0 unspecified atom stereocenters. The van der Waals surface area contributed by atoms with Gasteiger partial charge in [0.2, 0.25) is 0 Å². The van der Waals surface area contributed by atoms with Crippen LogP contribution in [-0.2, 0) is 4.79 Å². The minimum atomic E-state index is -0.758. The lowest BCUT2D eigenvalue weighted by Gasteiger charge is -2.21. The van der Waals surface area contributed by atoms with Crippen LogP contribution in [0.5, 0.6) is 16.7 Å². The molecule has 4 rings (SSSR count). The summed E-state index contributed by atoms with van der Waals surface area (Å²) >= 11 is 1.48. The smallest absolute Gasteiger partial charge is 0.304 e. The minimum Gasteiger partial charge on any atom is -0.492 e. The van der Waals surface area contributed by atoms with Crippen molar-refractivity contribution in [2.45, 2.75) is 19.3 Å². The predicted molar refractivity (Wildman–Crippen MR) is 111 cm³/mol. The molecule has 7 nitrogen and oxygen atoms in total. The fraction of sp³-hybridized carbons (Fsp3) is 0.381. The van der Waals surface area contributed by atoms with E-state index in [1.54, 1.807) is 12.4 Å². The third kappa shape index (κ3) is 5.88. The summed E-state index contributed by atoms with van der Waals surface area (Å²) in [7, 11) is 0. The van der Waals surface area contributed by atoms with Gasteiger partial charge in [-0.05, 0) is 49.1 Å². The van der Waals surface area contributed by atoms with Crippen LogP contribution in [0, 0.1) is 5.92 Å². The lowest BCUT2D eigenvalue weighted by Crippen LogP contribution is -2.32. The summed E-state index contributed by atoms with van der Waals surface area (Å²) < 4.78 is 12.7. The molecule has 2 aromatic heterocycles. The number of carboxylic acids is 1. The van der Waals surface area contributed by atoms with Crippen LogP contribution in [0.1, 0.15) is 19.3 Å². The molecular weight excluding hydrogens is 390 g/mol. The van der Waals surface area contributed by atoms with Crippen molar-refractivity contribution in [2.24, 2.45) is 5.92 Å². The molecule has 3 aromatic rings. The molecule has 1 aliphatic rings. The Bertz CT molecular complexity index is 923. The fourth-order valence-corrected chi connectivity index (χ4v) is 3.82. The van der Waals surface area contributed by atoms with Crippen LogP contribution in [0.25, 0.3) is 10.2 Å².